The molecule has 5 rings (SSSR count). The van der Waals surface area contributed by atoms with E-state index in [2.05, 4.69) is 41.5 Å². The molecule has 2 amide bonds. The zero-order chi connectivity index (χ0) is 26.1. The lowest BCUT2D eigenvalue weighted by molar-refractivity contribution is -0.139. The number of nitrogens with zero attached hydrogens (tertiary/aromatic N) is 5. The van der Waals surface area contributed by atoms with Crippen LogP contribution in [-0.4, -0.2) is 75.3 Å². The molecule has 9 heteroatoms. The summed E-state index contributed by atoms with van der Waals surface area (Å²) in [6.07, 6.45) is 1.90. The molecule has 37 heavy (non-hydrogen) atoms. The molecule has 2 fully saturated rings. The summed E-state index contributed by atoms with van der Waals surface area (Å²) < 4.78 is 2.31. The third kappa shape index (κ3) is 5.49. The second-order valence-corrected chi connectivity index (χ2v) is 11.1. The van der Waals surface area contributed by atoms with Crippen LogP contribution in [0.5, 0.6) is 0 Å². The van der Waals surface area contributed by atoms with Gasteiger partial charge in [-0.15, -0.1) is 0 Å². The summed E-state index contributed by atoms with van der Waals surface area (Å²) in [7, 11) is 0. The number of hydrogen-bond donors (Lipinski definition) is 0. The molecule has 2 saturated heterocycles. The maximum absolute atomic E-state index is 13.4. The third-order valence-electron chi connectivity index (χ3n) is 7.45. The van der Waals surface area contributed by atoms with Gasteiger partial charge in [-0.05, 0) is 63.6 Å². The molecular weight excluding hydrogens is 509 g/mol. The molecule has 2 aromatic carbocycles. The van der Waals surface area contributed by atoms with Crippen molar-refractivity contribution in [1.29, 1.82) is 0 Å². The van der Waals surface area contributed by atoms with Crippen LogP contribution in [0.2, 0.25) is 10.0 Å². The van der Waals surface area contributed by atoms with Crippen LogP contribution < -0.4 is 0 Å². The monoisotopic (exact) mass is 541 g/mol. The summed E-state index contributed by atoms with van der Waals surface area (Å²) in [5, 5.41) is 0.795. The summed E-state index contributed by atoms with van der Waals surface area (Å²) in [6, 6.07) is 13.5. The fourth-order valence-electron chi connectivity index (χ4n) is 5.58. The maximum atomic E-state index is 13.4. The summed E-state index contributed by atoms with van der Waals surface area (Å²) in [4.78, 5) is 37.3. The Morgan fingerprint density at radius 2 is 1.70 bits per heavy atom. The van der Waals surface area contributed by atoms with Crippen molar-refractivity contribution in [3.05, 3.63) is 63.9 Å². The van der Waals surface area contributed by atoms with Gasteiger partial charge in [0.1, 0.15) is 5.82 Å². The van der Waals surface area contributed by atoms with Gasteiger partial charge in [-0.3, -0.25) is 14.5 Å². The van der Waals surface area contributed by atoms with Crippen molar-refractivity contribution >= 4 is 46.0 Å². The van der Waals surface area contributed by atoms with Crippen LogP contribution in [0.15, 0.2) is 42.5 Å². The molecular formula is C28H33Cl2N5O2. The van der Waals surface area contributed by atoms with Crippen LogP contribution in [0.3, 0.4) is 0 Å². The Hall–Kier alpha value is -2.61. The van der Waals surface area contributed by atoms with Crippen molar-refractivity contribution < 1.29 is 9.59 Å². The van der Waals surface area contributed by atoms with Crippen LogP contribution >= 0.6 is 23.2 Å². The number of carbonyl (C=O) groups is 2. The molecule has 196 valence electrons. The largest absolute Gasteiger partial charge is 0.339 e. The average Bonchev–Trinajstić information content (AvgIpc) is 3.27. The van der Waals surface area contributed by atoms with E-state index < -0.39 is 0 Å². The molecule has 1 atom stereocenters. The second kappa shape index (κ2) is 11.0. The van der Waals surface area contributed by atoms with Crippen LogP contribution in [-0.2, 0) is 11.3 Å². The molecule has 0 spiro atoms. The van der Waals surface area contributed by atoms with Gasteiger partial charge in [0.2, 0.25) is 5.91 Å². The number of para-hydroxylation sites is 2. The molecule has 0 saturated carbocycles. The van der Waals surface area contributed by atoms with Crippen LogP contribution in [0.4, 0.5) is 0 Å². The van der Waals surface area contributed by atoms with E-state index >= 15 is 0 Å². The fraction of sp³-hybridized carbons (Fsp3) is 0.464. The number of piperazine rings is 1. The minimum absolute atomic E-state index is 0.0250. The zero-order valence-corrected chi connectivity index (χ0v) is 22.9. The van der Waals surface area contributed by atoms with Crippen molar-refractivity contribution in [2.75, 3.05) is 39.3 Å². The lowest BCUT2D eigenvalue weighted by Crippen LogP contribution is -2.53. The number of aromatic nitrogens is 2. The predicted molar refractivity (Wildman–Crippen MR) is 147 cm³/mol. The number of hydrogen-bond acceptors (Lipinski definition) is 4. The Labute approximate surface area is 227 Å². The van der Waals surface area contributed by atoms with E-state index in [1.165, 1.54) is 0 Å². The lowest BCUT2D eigenvalue weighted by Gasteiger charge is -2.39. The minimum atomic E-state index is -0.0810. The summed E-state index contributed by atoms with van der Waals surface area (Å²) >= 11 is 12.1. The highest BCUT2D eigenvalue weighted by atomic mass is 35.5. The Balaban J connectivity index is 1.19. The highest BCUT2D eigenvalue weighted by Gasteiger charge is 2.32. The number of amides is 2. The van der Waals surface area contributed by atoms with E-state index in [0.29, 0.717) is 47.8 Å². The van der Waals surface area contributed by atoms with E-state index in [1.807, 2.05) is 11.0 Å². The van der Waals surface area contributed by atoms with Gasteiger partial charge in [-0.25, -0.2) is 4.98 Å². The van der Waals surface area contributed by atoms with Crippen molar-refractivity contribution in [2.24, 2.45) is 5.92 Å². The van der Waals surface area contributed by atoms with E-state index in [-0.39, 0.29) is 17.7 Å². The molecule has 2 aliphatic heterocycles. The smallest absolute Gasteiger partial charge is 0.254 e. The number of imidazole rings is 1. The first-order chi connectivity index (χ1) is 17.8. The van der Waals surface area contributed by atoms with Gasteiger partial charge in [0.05, 0.1) is 33.5 Å². The second-order valence-electron chi connectivity index (χ2n) is 10.3. The number of piperidine rings is 1. The van der Waals surface area contributed by atoms with E-state index in [1.54, 1.807) is 23.1 Å². The van der Waals surface area contributed by atoms with Crippen molar-refractivity contribution in [1.82, 2.24) is 24.3 Å². The number of carbonyl (C=O) groups excluding carboxylic acids is 2. The quantitative estimate of drug-likeness (QED) is 0.449. The Morgan fingerprint density at radius 3 is 2.43 bits per heavy atom. The number of benzene rings is 2. The highest BCUT2D eigenvalue weighted by Crippen LogP contribution is 2.26. The zero-order valence-electron chi connectivity index (χ0n) is 21.4. The van der Waals surface area contributed by atoms with Gasteiger partial charge in [0.25, 0.3) is 5.91 Å². The minimum Gasteiger partial charge on any atom is -0.339 e. The lowest BCUT2D eigenvalue weighted by atomic mass is 9.96. The average molecular weight is 543 g/mol. The number of rotatable bonds is 5. The maximum Gasteiger partial charge on any atom is 0.254 e. The highest BCUT2D eigenvalue weighted by molar-refractivity contribution is 6.42. The SMILES string of the molecule is CC(C)n1c(CN2CCC[C@H](C(=O)N3CCN(C(=O)c4ccc(Cl)c(Cl)c4)CC3)C2)nc2ccccc21. The van der Waals surface area contributed by atoms with Crippen molar-refractivity contribution in [2.45, 2.75) is 39.3 Å². The number of fused-ring (bicyclic) bond motifs is 1. The molecule has 1 aromatic heterocycles. The summed E-state index contributed by atoms with van der Waals surface area (Å²) in [6.45, 7) is 8.94. The first-order valence-corrected chi connectivity index (χ1v) is 13.8. The normalized spacial score (nSPS) is 19.1. The van der Waals surface area contributed by atoms with Crippen LogP contribution in [0.25, 0.3) is 11.0 Å². The molecule has 0 radical (unpaired) electrons. The molecule has 0 unspecified atom stereocenters. The van der Waals surface area contributed by atoms with Crippen molar-refractivity contribution in [3.8, 4) is 0 Å². The Morgan fingerprint density at radius 1 is 0.973 bits per heavy atom. The molecule has 2 aliphatic rings. The standard InChI is InChI=1S/C28H33Cl2N5O2/c1-19(2)35-25-8-4-3-7-24(25)31-26(35)18-32-11-5-6-21(17-32)28(37)34-14-12-33(13-15-34)27(36)20-9-10-22(29)23(30)16-20/h3-4,7-10,16,19,21H,5-6,11-15,17-18H2,1-2H3/t21-/m0/s1. The summed E-state index contributed by atoms with van der Waals surface area (Å²) in [5.41, 5.74) is 2.69. The van der Waals surface area contributed by atoms with Crippen LogP contribution in [0, 0.1) is 5.92 Å². The molecule has 0 bridgehead atoms. The van der Waals surface area contributed by atoms with E-state index in [4.69, 9.17) is 28.2 Å². The molecule has 3 heterocycles. The van der Waals surface area contributed by atoms with Gasteiger partial charge in [0, 0.05) is 44.3 Å². The number of likely N-dealkylation sites (tertiary alicyclic amines) is 1. The molecule has 0 N–H and O–H groups in total. The first kappa shape index (κ1) is 26.0. The third-order valence-corrected chi connectivity index (χ3v) is 8.19. The number of halogens is 2. The van der Waals surface area contributed by atoms with Crippen LogP contribution in [0.1, 0.15) is 48.9 Å². The van der Waals surface area contributed by atoms with E-state index in [0.717, 1.165) is 49.3 Å². The van der Waals surface area contributed by atoms with Gasteiger partial charge >= 0.3 is 0 Å². The van der Waals surface area contributed by atoms with Crippen molar-refractivity contribution in [3.63, 3.8) is 0 Å². The Bertz CT molecular complexity index is 1300. The van der Waals surface area contributed by atoms with E-state index in [9.17, 15) is 9.59 Å². The van der Waals surface area contributed by atoms with Gasteiger partial charge in [-0.1, -0.05) is 35.3 Å². The van der Waals surface area contributed by atoms with Gasteiger partial charge < -0.3 is 14.4 Å². The first-order valence-electron chi connectivity index (χ1n) is 13.0. The fourth-order valence-corrected chi connectivity index (χ4v) is 5.88. The molecule has 7 nitrogen and oxygen atoms in total. The van der Waals surface area contributed by atoms with Gasteiger partial charge in [-0.2, -0.15) is 0 Å². The predicted octanol–water partition coefficient (Wildman–Crippen LogP) is 5.12. The molecule has 0 aliphatic carbocycles. The topological polar surface area (TPSA) is 61.7 Å². The van der Waals surface area contributed by atoms with Gasteiger partial charge in [0.15, 0.2) is 0 Å². The Kier molecular flexibility index (Phi) is 7.75. The molecule has 3 aromatic rings. The summed E-state index contributed by atoms with van der Waals surface area (Å²) in [5.74, 6) is 1.15.